The zero-order valence-corrected chi connectivity index (χ0v) is 22.4. The van der Waals surface area contributed by atoms with Crippen LogP contribution in [0.2, 0.25) is 0 Å². The summed E-state index contributed by atoms with van der Waals surface area (Å²) in [4.78, 5) is 42.1. The third-order valence-corrected chi connectivity index (χ3v) is 8.58. The number of ether oxygens (including phenoxy) is 2. The van der Waals surface area contributed by atoms with Gasteiger partial charge in [-0.2, -0.15) is 0 Å². The van der Waals surface area contributed by atoms with Gasteiger partial charge in [0.2, 0.25) is 5.43 Å². The van der Waals surface area contributed by atoms with E-state index < -0.39 is 29.3 Å². The van der Waals surface area contributed by atoms with Crippen molar-refractivity contribution in [2.75, 3.05) is 38.2 Å². The van der Waals surface area contributed by atoms with E-state index in [1.807, 2.05) is 9.47 Å². The van der Waals surface area contributed by atoms with Crippen molar-refractivity contribution in [1.82, 2.24) is 14.8 Å². The standard InChI is InChI=1S/C28H31FN4O7/c1-14-21(39-28(36)38-14)13-31-7-3-4-15-10-32(12-20(15)31)24-19(29)8-17-23(26(24)37-2)33(16-5-6-16)11-18(25(17)34)27(35)40-22-9-30-22/h8,11,15-16,20,22,30H,3-7,9-10,12-13H2,1-2H3. The molecule has 3 atom stereocenters. The Morgan fingerprint density at radius 2 is 2.00 bits per heavy atom. The third kappa shape index (κ3) is 4.29. The van der Waals surface area contributed by atoms with Gasteiger partial charge in [0.1, 0.15) is 17.0 Å². The van der Waals surface area contributed by atoms with E-state index in [1.54, 1.807) is 13.1 Å². The first-order valence-electron chi connectivity index (χ1n) is 13.8. The molecule has 40 heavy (non-hydrogen) atoms. The van der Waals surface area contributed by atoms with Crippen molar-refractivity contribution in [2.45, 2.75) is 57.5 Å². The number of aryl methyl sites for hydroxylation is 1. The van der Waals surface area contributed by atoms with Crippen LogP contribution in [0.3, 0.4) is 0 Å². The zero-order valence-electron chi connectivity index (χ0n) is 22.4. The van der Waals surface area contributed by atoms with E-state index >= 15 is 4.39 Å². The van der Waals surface area contributed by atoms with Gasteiger partial charge in [0.05, 0.1) is 24.6 Å². The predicted molar refractivity (Wildman–Crippen MR) is 141 cm³/mol. The summed E-state index contributed by atoms with van der Waals surface area (Å²) in [7, 11) is 1.49. The molecule has 1 aliphatic carbocycles. The molecular formula is C28H31FN4O7. The molecule has 0 spiro atoms. The van der Waals surface area contributed by atoms with Crippen molar-refractivity contribution < 1.29 is 27.5 Å². The molecule has 0 bridgehead atoms. The van der Waals surface area contributed by atoms with Crippen LogP contribution < -0.4 is 26.2 Å². The van der Waals surface area contributed by atoms with E-state index in [2.05, 4.69) is 10.2 Å². The van der Waals surface area contributed by atoms with Gasteiger partial charge in [-0.25, -0.2) is 14.0 Å². The Kier molecular flexibility index (Phi) is 6.00. The summed E-state index contributed by atoms with van der Waals surface area (Å²) in [6, 6.07) is 1.45. The molecule has 3 unspecified atom stereocenters. The maximum absolute atomic E-state index is 16.0. The monoisotopic (exact) mass is 554 g/mol. The first-order valence-corrected chi connectivity index (χ1v) is 13.8. The van der Waals surface area contributed by atoms with Crippen LogP contribution in [-0.2, 0) is 11.3 Å². The van der Waals surface area contributed by atoms with Crippen LogP contribution in [-0.4, -0.2) is 61.0 Å². The molecule has 212 valence electrons. The lowest BCUT2D eigenvalue weighted by Crippen LogP contribution is -2.44. The van der Waals surface area contributed by atoms with E-state index in [1.165, 1.54) is 13.2 Å². The number of esters is 1. The first-order chi connectivity index (χ1) is 19.3. The number of carbonyl (C=O) groups excluding carboxylic acids is 1. The number of piperidine rings is 1. The van der Waals surface area contributed by atoms with Gasteiger partial charge < -0.3 is 27.8 Å². The highest BCUT2D eigenvalue weighted by Crippen LogP contribution is 2.45. The van der Waals surface area contributed by atoms with Crippen LogP contribution in [0.25, 0.3) is 10.9 Å². The molecule has 4 fully saturated rings. The lowest BCUT2D eigenvalue weighted by atomic mass is 9.92. The Bertz CT molecular complexity index is 1620. The highest BCUT2D eigenvalue weighted by Gasteiger charge is 2.42. The summed E-state index contributed by atoms with van der Waals surface area (Å²) < 4.78 is 39.4. The van der Waals surface area contributed by atoms with Crippen molar-refractivity contribution in [3.63, 3.8) is 0 Å². The minimum atomic E-state index is -0.716. The third-order valence-electron chi connectivity index (χ3n) is 8.58. The molecule has 12 heteroatoms. The normalized spacial score (nSPS) is 24.4. The van der Waals surface area contributed by atoms with Gasteiger partial charge in [0.15, 0.2) is 23.6 Å². The van der Waals surface area contributed by atoms with Crippen LogP contribution in [0.5, 0.6) is 5.75 Å². The molecule has 4 aliphatic rings. The van der Waals surface area contributed by atoms with Crippen LogP contribution in [0.1, 0.15) is 53.6 Å². The average Bonchev–Trinajstić information content (AvgIpc) is 3.85. The lowest BCUT2D eigenvalue weighted by molar-refractivity contribution is 0.0464. The zero-order chi connectivity index (χ0) is 27.7. The molecule has 7 rings (SSSR count). The number of halogens is 1. The quantitative estimate of drug-likeness (QED) is 0.344. The maximum Gasteiger partial charge on any atom is 0.519 e. The molecular weight excluding hydrogens is 523 g/mol. The number of hydrogen-bond donors (Lipinski definition) is 1. The molecule has 1 saturated carbocycles. The number of nitrogens with zero attached hydrogens (tertiary/aromatic N) is 3. The van der Waals surface area contributed by atoms with Crippen LogP contribution in [0, 0.1) is 18.7 Å². The van der Waals surface area contributed by atoms with E-state index in [0.29, 0.717) is 54.7 Å². The molecule has 1 aromatic carbocycles. The summed E-state index contributed by atoms with van der Waals surface area (Å²) in [5, 5.41) is 2.99. The molecule has 2 aromatic heterocycles. The molecule has 0 amide bonds. The minimum absolute atomic E-state index is 0.0883. The smallest absolute Gasteiger partial charge is 0.492 e. The van der Waals surface area contributed by atoms with Crippen LogP contribution in [0.15, 0.2) is 30.7 Å². The number of pyridine rings is 1. The molecule has 5 heterocycles. The van der Waals surface area contributed by atoms with Gasteiger partial charge in [-0.15, -0.1) is 0 Å². The number of methoxy groups -OCH3 is 1. The van der Waals surface area contributed by atoms with Gasteiger partial charge in [0, 0.05) is 37.9 Å². The molecule has 3 aromatic rings. The van der Waals surface area contributed by atoms with Gasteiger partial charge >= 0.3 is 11.8 Å². The molecule has 3 saturated heterocycles. The van der Waals surface area contributed by atoms with Gasteiger partial charge in [-0.3, -0.25) is 15.0 Å². The Balaban J connectivity index is 1.27. The summed E-state index contributed by atoms with van der Waals surface area (Å²) in [5.74, 6) is -0.430. The highest BCUT2D eigenvalue weighted by atomic mass is 19.1. The van der Waals surface area contributed by atoms with E-state index in [9.17, 15) is 14.4 Å². The Hall–Kier alpha value is -3.64. The van der Waals surface area contributed by atoms with Gasteiger partial charge in [0.25, 0.3) is 0 Å². The number of likely N-dealkylation sites (tertiary alicyclic amines) is 1. The van der Waals surface area contributed by atoms with Crippen LogP contribution >= 0.6 is 0 Å². The van der Waals surface area contributed by atoms with E-state index in [0.717, 1.165) is 32.2 Å². The summed E-state index contributed by atoms with van der Waals surface area (Å²) in [6.07, 6.45) is 4.90. The van der Waals surface area contributed by atoms with Gasteiger partial charge in [-0.05, 0) is 51.1 Å². The Morgan fingerprint density at radius 3 is 2.67 bits per heavy atom. The highest BCUT2D eigenvalue weighted by molar-refractivity contribution is 5.98. The van der Waals surface area contributed by atoms with Gasteiger partial charge in [-0.1, -0.05) is 0 Å². The second-order valence-electron chi connectivity index (χ2n) is 11.2. The largest absolute Gasteiger partial charge is 0.519 e. The number of carbonyl (C=O) groups is 1. The Labute approximate surface area is 228 Å². The average molecular weight is 555 g/mol. The summed E-state index contributed by atoms with van der Waals surface area (Å²) >= 11 is 0. The fourth-order valence-corrected chi connectivity index (χ4v) is 6.40. The minimum Gasteiger partial charge on any atom is -0.492 e. The number of rotatable bonds is 7. The number of benzene rings is 1. The van der Waals surface area contributed by atoms with Crippen molar-refractivity contribution in [2.24, 2.45) is 5.92 Å². The fourth-order valence-electron chi connectivity index (χ4n) is 6.40. The summed E-state index contributed by atoms with van der Waals surface area (Å²) in [6.45, 7) is 4.72. The molecule has 1 N–H and O–H groups in total. The molecule has 3 aliphatic heterocycles. The maximum atomic E-state index is 16.0. The Morgan fingerprint density at radius 1 is 1.20 bits per heavy atom. The number of aromatic nitrogens is 1. The second-order valence-corrected chi connectivity index (χ2v) is 11.2. The molecule has 11 nitrogen and oxygen atoms in total. The SMILES string of the molecule is COc1c(N2CC3CCCN(Cc4oc(=O)oc4C)C3C2)c(F)cc2c(=O)c(C(=O)OC3CN3)cn(C3CC3)c12. The number of fused-ring (bicyclic) bond motifs is 2. The van der Waals surface area contributed by atoms with E-state index in [-0.39, 0.29) is 29.0 Å². The first kappa shape index (κ1) is 25.3. The van der Waals surface area contributed by atoms with E-state index in [4.69, 9.17) is 18.3 Å². The summed E-state index contributed by atoms with van der Waals surface area (Å²) in [5.41, 5.74) is 0.141. The van der Waals surface area contributed by atoms with Crippen molar-refractivity contribution in [3.8, 4) is 5.75 Å². The van der Waals surface area contributed by atoms with Crippen molar-refractivity contribution in [3.05, 3.63) is 56.0 Å². The fraction of sp³-hybridized carbons (Fsp3) is 0.536. The van der Waals surface area contributed by atoms with Crippen molar-refractivity contribution >= 4 is 22.6 Å². The second kappa shape index (κ2) is 9.48. The molecule has 0 radical (unpaired) electrons. The number of hydrogen-bond acceptors (Lipinski definition) is 10. The van der Waals surface area contributed by atoms with Crippen molar-refractivity contribution in [1.29, 1.82) is 0 Å². The predicted octanol–water partition coefficient (Wildman–Crippen LogP) is 2.53. The van der Waals surface area contributed by atoms with Crippen LogP contribution in [0.4, 0.5) is 10.1 Å². The number of anilines is 1. The lowest BCUT2D eigenvalue weighted by Gasteiger charge is -2.36. The number of nitrogens with one attached hydrogen (secondary N) is 1. The topological polar surface area (TPSA) is 129 Å².